The van der Waals surface area contributed by atoms with Crippen LogP contribution in [-0.4, -0.2) is 22.8 Å². The zero-order valence-electron chi connectivity index (χ0n) is 5.51. The van der Waals surface area contributed by atoms with Gasteiger partial charge < -0.3 is 17.3 Å². The second-order valence-electron chi connectivity index (χ2n) is 1.54. The van der Waals surface area contributed by atoms with E-state index >= 15 is 0 Å². The van der Waals surface area contributed by atoms with Gasteiger partial charge >= 0.3 is 7.25 Å². The van der Waals surface area contributed by atoms with Crippen molar-refractivity contribution < 1.29 is 21.9 Å². The molecule has 1 aromatic rings. The van der Waals surface area contributed by atoms with E-state index in [0.717, 1.165) is 0 Å². The highest BCUT2D eigenvalue weighted by atomic mass is 19.5. The topological polar surface area (TPSA) is 45.5 Å². The van der Waals surface area contributed by atoms with Crippen LogP contribution in [0.25, 0.3) is 0 Å². The van der Waals surface area contributed by atoms with E-state index in [1.165, 1.54) is 0 Å². The molecule has 0 aliphatic carbocycles. The van der Waals surface area contributed by atoms with E-state index in [9.17, 15) is 17.3 Å². The Morgan fingerprint density at radius 3 is 1.91 bits per heavy atom. The predicted molar refractivity (Wildman–Crippen MR) is 27.7 cm³/mol. The van der Waals surface area contributed by atoms with Gasteiger partial charge in [-0.3, -0.25) is 0 Å². The highest BCUT2D eigenvalue weighted by Crippen LogP contribution is 2.06. The van der Waals surface area contributed by atoms with Crippen LogP contribution in [0.2, 0.25) is 0 Å². The van der Waals surface area contributed by atoms with Gasteiger partial charge in [0, 0.05) is 0 Å². The molecule has 64 valence electrons. The number of nitrogens with one attached hydrogen (secondary N) is 1. The van der Waals surface area contributed by atoms with Crippen molar-refractivity contribution >= 4 is 7.25 Å². The molecule has 4 nitrogen and oxygen atoms in total. The number of aromatic amines is 1. The molecule has 0 aromatic carbocycles. The van der Waals surface area contributed by atoms with Crippen molar-refractivity contribution in [3.05, 3.63) is 6.33 Å². The highest BCUT2D eigenvalue weighted by Gasteiger charge is 2.20. The standard InChI is InChI=1S/C2H4N4.BF4/c1-6-2-3-4-5-6;2-1(3,4)5/h2H,1H3;/q;-1/p+1. The molecule has 0 spiro atoms. The number of rotatable bonds is 0. The van der Waals surface area contributed by atoms with Crippen LogP contribution < -0.4 is 4.68 Å². The summed E-state index contributed by atoms with van der Waals surface area (Å²) in [7, 11) is -4.18. The third-order valence-corrected chi connectivity index (χ3v) is 0.485. The summed E-state index contributed by atoms with van der Waals surface area (Å²) >= 11 is 0. The van der Waals surface area contributed by atoms with Crippen LogP contribution in [0.1, 0.15) is 0 Å². The van der Waals surface area contributed by atoms with Gasteiger partial charge in [-0.15, -0.1) is 0 Å². The smallest absolute Gasteiger partial charge is 0.418 e. The number of aryl methyl sites for hydroxylation is 1. The Morgan fingerprint density at radius 2 is 1.82 bits per heavy atom. The maximum atomic E-state index is 9.75. The first-order chi connectivity index (χ1) is 4.89. The summed E-state index contributed by atoms with van der Waals surface area (Å²) in [5.74, 6) is 0. The zero-order valence-corrected chi connectivity index (χ0v) is 5.51. The van der Waals surface area contributed by atoms with Gasteiger partial charge in [0.15, 0.2) is 5.21 Å². The van der Waals surface area contributed by atoms with E-state index in [2.05, 4.69) is 15.5 Å². The minimum absolute atomic E-state index is 1.58. The van der Waals surface area contributed by atoms with Gasteiger partial charge in [0.05, 0.1) is 7.05 Å². The van der Waals surface area contributed by atoms with Gasteiger partial charge in [-0.25, -0.2) is 0 Å². The van der Waals surface area contributed by atoms with E-state index in [1.54, 1.807) is 11.0 Å². The second-order valence-corrected chi connectivity index (χ2v) is 1.54. The molecule has 1 aromatic heterocycles. The first-order valence-corrected chi connectivity index (χ1v) is 2.48. The first-order valence-electron chi connectivity index (χ1n) is 2.48. The molecule has 0 aliphatic heterocycles. The van der Waals surface area contributed by atoms with Crippen molar-refractivity contribution in [2.45, 2.75) is 0 Å². The quantitative estimate of drug-likeness (QED) is 0.338. The fraction of sp³-hybridized carbons (Fsp3) is 0.500. The Hall–Kier alpha value is -1.15. The summed E-state index contributed by atoms with van der Waals surface area (Å²) in [6, 6.07) is 0. The molecule has 1 heterocycles. The van der Waals surface area contributed by atoms with Crippen molar-refractivity contribution in [2.75, 3.05) is 0 Å². The molecule has 0 atom stereocenters. The normalized spacial score (nSPS) is 10.3. The average molecular weight is 172 g/mol. The molecule has 0 amide bonds. The lowest BCUT2D eigenvalue weighted by Gasteiger charge is -1.94. The van der Waals surface area contributed by atoms with Crippen LogP contribution >= 0.6 is 0 Å². The Balaban J connectivity index is 0.000000187. The van der Waals surface area contributed by atoms with Crippen molar-refractivity contribution in [3.63, 3.8) is 0 Å². The van der Waals surface area contributed by atoms with Crippen molar-refractivity contribution in [3.8, 4) is 0 Å². The highest BCUT2D eigenvalue weighted by molar-refractivity contribution is 6.50. The molecule has 0 saturated heterocycles. The van der Waals surface area contributed by atoms with Crippen molar-refractivity contribution in [1.82, 2.24) is 15.5 Å². The minimum Gasteiger partial charge on any atom is -0.418 e. The number of aromatic nitrogens is 4. The second kappa shape index (κ2) is 3.89. The van der Waals surface area contributed by atoms with E-state index in [4.69, 9.17) is 0 Å². The molecule has 9 heteroatoms. The van der Waals surface area contributed by atoms with E-state index in [0.29, 0.717) is 0 Å². The summed E-state index contributed by atoms with van der Waals surface area (Å²) < 4.78 is 40.7. The lowest BCUT2D eigenvalue weighted by atomic mass is 10.3. The summed E-state index contributed by atoms with van der Waals surface area (Å²) in [6.07, 6.45) is 1.58. The van der Waals surface area contributed by atoms with Crippen molar-refractivity contribution in [1.29, 1.82) is 0 Å². The molecule has 0 saturated carbocycles. The Morgan fingerprint density at radius 1 is 1.36 bits per heavy atom. The van der Waals surface area contributed by atoms with Gasteiger partial charge in [-0.1, -0.05) is 5.21 Å². The van der Waals surface area contributed by atoms with Crippen LogP contribution in [0, 0.1) is 0 Å². The van der Waals surface area contributed by atoms with E-state index in [-0.39, 0.29) is 0 Å². The molecule has 1 rings (SSSR count). The number of H-pyrrole nitrogens is 1. The first kappa shape index (κ1) is 9.85. The van der Waals surface area contributed by atoms with Crippen LogP contribution in [0.5, 0.6) is 0 Å². The van der Waals surface area contributed by atoms with E-state index in [1.807, 2.05) is 7.05 Å². The molecule has 0 aliphatic rings. The number of halogens is 4. The summed E-state index contributed by atoms with van der Waals surface area (Å²) in [5, 5.41) is 9.44. The van der Waals surface area contributed by atoms with Crippen LogP contribution in [-0.2, 0) is 7.05 Å². The molecule has 1 N–H and O–H groups in total. The summed E-state index contributed by atoms with van der Waals surface area (Å²) in [5.41, 5.74) is 0. The number of hydrogen-bond acceptors (Lipinski definition) is 2. The molecular formula is C2H5BF4N4. The fourth-order valence-electron chi connectivity index (χ4n) is 0.225. The Bertz CT molecular complexity index is 176. The monoisotopic (exact) mass is 172 g/mol. The lowest BCUT2D eigenvalue weighted by Crippen LogP contribution is -2.28. The SMILES string of the molecule is C[n+]1cnn[nH]1.F[B-](F)(F)F. The zero-order chi connectivity index (χ0) is 8.91. The molecule has 0 fully saturated rings. The lowest BCUT2D eigenvalue weighted by molar-refractivity contribution is -0.731. The maximum Gasteiger partial charge on any atom is 0.673 e. The molecule has 0 unspecified atom stereocenters. The minimum atomic E-state index is -6.00. The largest absolute Gasteiger partial charge is 0.673 e. The van der Waals surface area contributed by atoms with Crippen LogP contribution in [0.3, 0.4) is 0 Å². The Kier molecular flexibility index (Phi) is 3.48. The third-order valence-electron chi connectivity index (χ3n) is 0.485. The van der Waals surface area contributed by atoms with Crippen LogP contribution in [0.4, 0.5) is 17.3 Å². The van der Waals surface area contributed by atoms with Gasteiger partial charge in [-0.05, 0) is 0 Å². The van der Waals surface area contributed by atoms with E-state index < -0.39 is 7.25 Å². The summed E-state index contributed by atoms with van der Waals surface area (Å²) in [6.45, 7) is 0. The van der Waals surface area contributed by atoms with Crippen LogP contribution in [0.15, 0.2) is 6.33 Å². The van der Waals surface area contributed by atoms with Gasteiger partial charge in [0.2, 0.25) is 0 Å². The average Bonchev–Trinajstić information content (AvgIpc) is 2.12. The van der Waals surface area contributed by atoms with Gasteiger partial charge in [0.25, 0.3) is 6.33 Å². The van der Waals surface area contributed by atoms with Gasteiger partial charge in [0.1, 0.15) is 5.10 Å². The maximum absolute atomic E-state index is 9.75. The van der Waals surface area contributed by atoms with Gasteiger partial charge in [-0.2, -0.15) is 4.68 Å². The molecule has 0 bridgehead atoms. The number of nitrogens with zero attached hydrogens (tertiary/aromatic N) is 3. The molecular weight excluding hydrogens is 167 g/mol. The Labute approximate surface area is 59.3 Å². The summed E-state index contributed by atoms with van der Waals surface area (Å²) in [4.78, 5) is 0. The predicted octanol–water partition coefficient (Wildman–Crippen LogP) is -0.0708. The number of hydrogen-bond donors (Lipinski definition) is 1. The molecule has 11 heavy (non-hydrogen) atoms. The third kappa shape index (κ3) is 12.1. The number of tetrazole rings is 1. The van der Waals surface area contributed by atoms with Crippen molar-refractivity contribution in [2.24, 2.45) is 7.05 Å². The fourth-order valence-corrected chi connectivity index (χ4v) is 0.225. The molecule has 0 radical (unpaired) electrons.